The molecular formula is C14H19NO5. The molecule has 0 radical (unpaired) electrons. The molecule has 20 heavy (non-hydrogen) atoms. The Hall–Kier alpha value is -1.44. The van der Waals surface area contributed by atoms with Crippen molar-refractivity contribution in [3.63, 3.8) is 0 Å². The summed E-state index contributed by atoms with van der Waals surface area (Å²) in [6.07, 6.45) is -4.16. The largest absolute Gasteiger partial charge is 0.394 e. The fourth-order valence-electron chi connectivity index (χ4n) is 2.10. The molecule has 1 saturated heterocycles. The Morgan fingerprint density at radius 2 is 1.75 bits per heavy atom. The smallest absolute Gasteiger partial charge is 0.157 e. The van der Waals surface area contributed by atoms with Crippen LogP contribution in [0.5, 0.6) is 0 Å². The van der Waals surface area contributed by atoms with Crippen molar-refractivity contribution in [1.82, 2.24) is 0 Å². The van der Waals surface area contributed by atoms with Gasteiger partial charge in [0, 0.05) is 5.69 Å². The van der Waals surface area contributed by atoms with Crippen LogP contribution >= 0.6 is 0 Å². The molecule has 6 nitrogen and oxygen atoms in total. The van der Waals surface area contributed by atoms with Crippen LogP contribution in [0.15, 0.2) is 30.8 Å². The van der Waals surface area contributed by atoms with Crippen molar-refractivity contribution in [3.8, 4) is 0 Å². The Morgan fingerprint density at radius 3 is 2.30 bits per heavy atom. The summed E-state index contributed by atoms with van der Waals surface area (Å²) in [7, 11) is 0. The Balaban J connectivity index is 2.08. The number of hydrogen-bond acceptors (Lipinski definition) is 6. The molecule has 1 aliphatic heterocycles. The average molecular weight is 281 g/mol. The molecule has 1 unspecified atom stereocenters. The maximum Gasteiger partial charge on any atom is 0.157 e. The highest BCUT2D eigenvalue weighted by atomic mass is 16.6. The standard InChI is InChI=1S/C14H19NO5/c1-2-8-3-5-9(6-4-8)15-14-13(19)12(18)11(17)10(7-16)20-14/h2-6,10-19H,1,7H2/t10-,11-,12+,13-,14?/m1/s1. The lowest BCUT2D eigenvalue weighted by atomic mass is 9.98. The minimum Gasteiger partial charge on any atom is -0.394 e. The van der Waals surface area contributed by atoms with Gasteiger partial charge < -0.3 is 30.5 Å². The van der Waals surface area contributed by atoms with Crippen LogP contribution in [0.1, 0.15) is 5.56 Å². The molecular weight excluding hydrogens is 262 g/mol. The van der Waals surface area contributed by atoms with E-state index in [2.05, 4.69) is 11.9 Å². The van der Waals surface area contributed by atoms with E-state index in [1.165, 1.54) is 0 Å². The molecule has 0 amide bonds. The molecule has 1 aliphatic rings. The van der Waals surface area contributed by atoms with Gasteiger partial charge in [-0.2, -0.15) is 0 Å². The summed E-state index contributed by atoms with van der Waals surface area (Å²) in [4.78, 5) is 0. The lowest BCUT2D eigenvalue weighted by Crippen LogP contribution is -2.60. The number of aliphatic hydroxyl groups is 4. The molecule has 0 aromatic heterocycles. The number of ether oxygens (including phenoxy) is 1. The molecule has 0 aliphatic carbocycles. The van der Waals surface area contributed by atoms with Gasteiger partial charge in [0.25, 0.3) is 0 Å². The molecule has 5 N–H and O–H groups in total. The molecule has 0 spiro atoms. The Labute approximate surface area is 116 Å². The first-order chi connectivity index (χ1) is 9.56. The minimum atomic E-state index is -1.38. The zero-order valence-electron chi connectivity index (χ0n) is 10.9. The van der Waals surface area contributed by atoms with Crippen molar-refractivity contribution >= 4 is 11.8 Å². The van der Waals surface area contributed by atoms with Gasteiger partial charge in [0.05, 0.1) is 6.61 Å². The molecule has 1 aromatic rings. The third-order valence-electron chi connectivity index (χ3n) is 3.35. The maximum atomic E-state index is 9.89. The van der Waals surface area contributed by atoms with E-state index in [1.807, 2.05) is 12.1 Å². The van der Waals surface area contributed by atoms with Gasteiger partial charge >= 0.3 is 0 Å². The van der Waals surface area contributed by atoms with Crippen LogP contribution in [0, 0.1) is 0 Å². The first-order valence-corrected chi connectivity index (χ1v) is 6.36. The van der Waals surface area contributed by atoms with Crippen molar-refractivity contribution in [2.45, 2.75) is 30.6 Å². The lowest BCUT2D eigenvalue weighted by Gasteiger charge is -2.40. The van der Waals surface area contributed by atoms with Crippen LogP contribution in [0.25, 0.3) is 6.08 Å². The van der Waals surface area contributed by atoms with Crippen LogP contribution in [0.2, 0.25) is 0 Å². The highest BCUT2D eigenvalue weighted by molar-refractivity contribution is 5.53. The van der Waals surface area contributed by atoms with Gasteiger partial charge in [-0.1, -0.05) is 24.8 Å². The normalized spacial score (nSPS) is 33.7. The Bertz CT molecular complexity index is 447. The van der Waals surface area contributed by atoms with E-state index in [0.717, 1.165) is 5.56 Å². The van der Waals surface area contributed by atoms with Gasteiger partial charge in [-0.3, -0.25) is 0 Å². The molecule has 110 valence electrons. The monoisotopic (exact) mass is 281 g/mol. The second kappa shape index (κ2) is 6.34. The van der Waals surface area contributed by atoms with E-state index in [1.54, 1.807) is 18.2 Å². The fraction of sp³-hybridized carbons (Fsp3) is 0.429. The first-order valence-electron chi connectivity index (χ1n) is 6.36. The summed E-state index contributed by atoms with van der Waals surface area (Å²) >= 11 is 0. The molecule has 0 saturated carbocycles. The van der Waals surface area contributed by atoms with Crippen molar-refractivity contribution in [1.29, 1.82) is 0 Å². The van der Waals surface area contributed by atoms with Crippen molar-refractivity contribution in [2.75, 3.05) is 11.9 Å². The van der Waals surface area contributed by atoms with Crippen LogP contribution in [0.4, 0.5) is 5.69 Å². The summed E-state index contributed by atoms with van der Waals surface area (Å²) in [6.45, 7) is 3.21. The SMILES string of the molecule is C=Cc1ccc(NC2O[C@H](CO)[C@@H](O)[C@H](O)[C@H]2O)cc1. The summed E-state index contributed by atoms with van der Waals surface area (Å²) in [5, 5.41) is 41.3. The third-order valence-corrected chi connectivity index (χ3v) is 3.35. The number of hydrogen-bond donors (Lipinski definition) is 5. The van der Waals surface area contributed by atoms with Crippen molar-refractivity contribution in [3.05, 3.63) is 36.4 Å². The van der Waals surface area contributed by atoms with Gasteiger partial charge in [0.1, 0.15) is 24.4 Å². The molecule has 5 atom stereocenters. The number of benzene rings is 1. The number of aliphatic hydroxyl groups excluding tert-OH is 4. The molecule has 2 rings (SSSR count). The van der Waals surface area contributed by atoms with Gasteiger partial charge in [-0.25, -0.2) is 0 Å². The lowest BCUT2D eigenvalue weighted by molar-refractivity contribution is -0.221. The molecule has 6 heteroatoms. The van der Waals surface area contributed by atoms with E-state index in [-0.39, 0.29) is 0 Å². The summed E-state index contributed by atoms with van der Waals surface area (Å²) in [5.74, 6) is 0. The van der Waals surface area contributed by atoms with Gasteiger partial charge in [-0.15, -0.1) is 0 Å². The number of anilines is 1. The molecule has 1 heterocycles. The fourth-order valence-corrected chi connectivity index (χ4v) is 2.10. The van der Waals surface area contributed by atoms with E-state index in [9.17, 15) is 15.3 Å². The van der Waals surface area contributed by atoms with E-state index in [0.29, 0.717) is 5.69 Å². The summed E-state index contributed by atoms with van der Waals surface area (Å²) in [5.41, 5.74) is 1.63. The van der Waals surface area contributed by atoms with Gasteiger partial charge in [0.2, 0.25) is 0 Å². The minimum absolute atomic E-state index is 0.446. The first kappa shape index (κ1) is 15.0. The molecule has 1 fully saturated rings. The maximum absolute atomic E-state index is 9.89. The second-order valence-corrected chi connectivity index (χ2v) is 4.72. The Morgan fingerprint density at radius 1 is 1.10 bits per heavy atom. The highest BCUT2D eigenvalue weighted by Crippen LogP contribution is 2.23. The third kappa shape index (κ3) is 3.00. The summed E-state index contributed by atoms with van der Waals surface area (Å²) in [6, 6.07) is 7.22. The van der Waals surface area contributed by atoms with E-state index >= 15 is 0 Å². The highest BCUT2D eigenvalue weighted by Gasteiger charge is 2.43. The van der Waals surface area contributed by atoms with Gasteiger partial charge in [0.15, 0.2) is 6.23 Å². The van der Waals surface area contributed by atoms with E-state index < -0.39 is 37.3 Å². The zero-order valence-corrected chi connectivity index (χ0v) is 10.9. The van der Waals surface area contributed by atoms with Crippen molar-refractivity contribution in [2.24, 2.45) is 0 Å². The summed E-state index contributed by atoms with van der Waals surface area (Å²) < 4.78 is 5.35. The number of rotatable bonds is 4. The number of nitrogens with one attached hydrogen (secondary N) is 1. The topological polar surface area (TPSA) is 102 Å². The predicted octanol–water partition coefficient (Wildman–Crippen LogP) is -0.459. The van der Waals surface area contributed by atoms with Crippen LogP contribution in [-0.4, -0.2) is 57.7 Å². The van der Waals surface area contributed by atoms with Gasteiger partial charge in [-0.05, 0) is 17.7 Å². The van der Waals surface area contributed by atoms with E-state index in [4.69, 9.17) is 9.84 Å². The second-order valence-electron chi connectivity index (χ2n) is 4.72. The quantitative estimate of drug-likeness (QED) is 0.512. The van der Waals surface area contributed by atoms with Crippen LogP contribution in [0.3, 0.4) is 0 Å². The Kier molecular flexibility index (Phi) is 4.74. The van der Waals surface area contributed by atoms with Crippen molar-refractivity contribution < 1.29 is 25.2 Å². The zero-order chi connectivity index (χ0) is 14.7. The predicted molar refractivity (Wildman–Crippen MR) is 73.9 cm³/mol. The van der Waals surface area contributed by atoms with Crippen LogP contribution < -0.4 is 5.32 Å². The molecule has 0 bridgehead atoms. The molecule has 1 aromatic carbocycles. The average Bonchev–Trinajstić information content (AvgIpc) is 2.48. The van der Waals surface area contributed by atoms with Crippen LogP contribution in [-0.2, 0) is 4.74 Å².